The normalized spacial score (nSPS) is 12.0. The molecule has 0 saturated heterocycles. The van der Waals surface area contributed by atoms with Gasteiger partial charge in [-0.25, -0.2) is 0 Å². The Hall–Kier alpha value is -0.320. The van der Waals surface area contributed by atoms with E-state index in [1.165, 1.54) is 0 Å². The highest BCUT2D eigenvalue weighted by atomic mass is 16.7. The van der Waals surface area contributed by atoms with E-state index in [2.05, 4.69) is 0 Å². The van der Waals surface area contributed by atoms with E-state index < -0.39 is 5.79 Å². The zero-order valence-corrected chi connectivity index (χ0v) is 14.3. The first kappa shape index (κ1) is 22.7. The third-order valence-electron chi connectivity index (χ3n) is 3.06. The summed E-state index contributed by atoms with van der Waals surface area (Å²) in [4.78, 5) is 0. The van der Waals surface area contributed by atoms with Crippen LogP contribution in [0.5, 0.6) is 0 Å². The zero-order valence-electron chi connectivity index (χ0n) is 14.3. The molecule has 0 aliphatic carbocycles. The lowest BCUT2D eigenvalue weighted by Gasteiger charge is -2.33. The van der Waals surface area contributed by atoms with Crippen LogP contribution < -0.4 is 22.9 Å². The Kier molecular flexibility index (Phi) is 16.3. The molecule has 0 fully saturated rings. The topological polar surface area (TPSA) is 141 Å². The summed E-state index contributed by atoms with van der Waals surface area (Å²) in [6.45, 7) is 4.93. The summed E-state index contributed by atoms with van der Waals surface area (Å²) >= 11 is 0. The highest BCUT2D eigenvalue weighted by molar-refractivity contribution is 4.70. The number of ether oxygens (including phenoxy) is 4. The molecule has 0 radical (unpaired) electrons. The quantitative estimate of drug-likeness (QED) is 0.187. The molecule has 23 heavy (non-hydrogen) atoms. The molecule has 0 atom stereocenters. The SMILES string of the molecule is NCCCOCC(COCCCN)(OCCCN)OCCCN. The standard InChI is InChI=1S/C15H36N4O4/c16-5-1-9-20-13-15(22-11-3-7-18,23-12-4-8-19)14-21-10-2-6-17/h1-14,16-19H2. The maximum atomic E-state index is 5.92. The average Bonchev–Trinajstić information content (AvgIpc) is 2.56. The van der Waals surface area contributed by atoms with E-state index in [4.69, 9.17) is 41.9 Å². The maximum Gasteiger partial charge on any atom is 0.216 e. The van der Waals surface area contributed by atoms with Crippen LogP contribution in [0.25, 0.3) is 0 Å². The first-order valence-electron chi connectivity index (χ1n) is 8.48. The molecule has 0 saturated carbocycles. The van der Waals surface area contributed by atoms with Crippen molar-refractivity contribution in [2.75, 3.05) is 65.8 Å². The summed E-state index contributed by atoms with van der Waals surface area (Å²) in [6, 6.07) is 0. The predicted molar refractivity (Wildman–Crippen MR) is 91.0 cm³/mol. The Morgan fingerprint density at radius 2 is 0.870 bits per heavy atom. The lowest BCUT2D eigenvalue weighted by Crippen LogP contribution is -2.46. The fourth-order valence-corrected chi connectivity index (χ4v) is 1.76. The van der Waals surface area contributed by atoms with Crippen molar-refractivity contribution in [1.82, 2.24) is 0 Å². The van der Waals surface area contributed by atoms with E-state index in [0.717, 1.165) is 25.7 Å². The Bertz CT molecular complexity index is 224. The van der Waals surface area contributed by atoms with Crippen molar-refractivity contribution in [3.8, 4) is 0 Å². The van der Waals surface area contributed by atoms with Crippen LogP contribution in [0.1, 0.15) is 25.7 Å². The maximum absolute atomic E-state index is 5.92. The monoisotopic (exact) mass is 336 g/mol. The van der Waals surface area contributed by atoms with Gasteiger partial charge in [0.2, 0.25) is 5.79 Å². The van der Waals surface area contributed by atoms with E-state index in [9.17, 15) is 0 Å². The lowest BCUT2D eigenvalue weighted by atomic mass is 10.3. The molecule has 0 aromatic rings. The van der Waals surface area contributed by atoms with E-state index in [-0.39, 0.29) is 13.2 Å². The van der Waals surface area contributed by atoms with Gasteiger partial charge in [-0.3, -0.25) is 0 Å². The summed E-state index contributed by atoms with van der Waals surface area (Å²) in [5.41, 5.74) is 22.0. The van der Waals surface area contributed by atoms with Crippen molar-refractivity contribution in [2.45, 2.75) is 31.5 Å². The third kappa shape index (κ3) is 12.7. The molecule has 0 aliphatic rings. The van der Waals surface area contributed by atoms with Crippen molar-refractivity contribution in [3.63, 3.8) is 0 Å². The molecule has 0 aliphatic heterocycles. The fourth-order valence-electron chi connectivity index (χ4n) is 1.76. The number of nitrogens with two attached hydrogens (primary N) is 4. The minimum Gasteiger partial charge on any atom is -0.376 e. The summed E-state index contributed by atoms with van der Waals surface area (Å²) in [5.74, 6) is -0.937. The van der Waals surface area contributed by atoms with Crippen LogP contribution in [0.3, 0.4) is 0 Å². The first-order chi connectivity index (χ1) is 11.2. The average molecular weight is 336 g/mol. The molecule has 8 heteroatoms. The minimum absolute atomic E-state index is 0.283. The van der Waals surface area contributed by atoms with Crippen molar-refractivity contribution >= 4 is 0 Å². The molecule has 8 nitrogen and oxygen atoms in total. The van der Waals surface area contributed by atoms with E-state index in [1.54, 1.807) is 0 Å². The van der Waals surface area contributed by atoms with Gasteiger partial charge in [-0.2, -0.15) is 0 Å². The summed E-state index contributed by atoms with van der Waals surface area (Å²) in [6.07, 6.45) is 3.06. The van der Waals surface area contributed by atoms with Gasteiger partial charge in [0.1, 0.15) is 13.2 Å². The summed E-state index contributed by atoms with van der Waals surface area (Å²) in [7, 11) is 0. The number of hydrogen-bond donors (Lipinski definition) is 4. The molecule has 0 bridgehead atoms. The summed E-state index contributed by atoms with van der Waals surface area (Å²) < 4.78 is 23.2. The molecule has 0 unspecified atom stereocenters. The number of rotatable bonds is 18. The first-order valence-corrected chi connectivity index (χ1v) is 8.48. The van der Waals surface area contributed by atoms with Crippen LogP contribution >= 0.6 is 0 Å². The van der Waals surface area contributed by atoms with Crippen LogP contribution in [0.15, 0.2) is 0 Å². The minimum atomic E-state index is -0.937. The second kappa shape index (κ2) is 16.5. The highest BCUT2D eigenvalue weighted by Gasteiger charge is 2.33. The molecular weight excluding hydrogens is 300 g/mol. The van der Waals surface area contributed by atoms with E-state index in [1.807, 2.05) is 0 Å². The van der Waals surface area contributed by atoms with Crippen LogP contribution in [0.2, 0.25) is 0 Å². The Balaban J connectivity index is 4.55. The molecule has 140 valence electrons. The lowest BCUT2D eigenvalue weighted by molar-refractivity contribution is -0.282. The van der Waals surface area contributed by atoms with Crippen LogP contribution in [-0.4, -0.2) is 71.6 Å². The Morgan fingerprint density at radius 1 is 0.522 bits per heavy atom. The van der Waals surface area contributed by atoms with Gasteiger partial charge in [0.25, 0.3) is 0 Å². The van der Waals surface area contributed by atoms with Gasteiger partial charge in [0.15, 0.2) is 0 Å². The van der Waals surface area contributed by atoms with Crippen LogP contribution in [0, 0.1) is 0 Å². The fraction of sp³-hybridized carbons (Fsp3) is 1.00. The van der Waals surface area contributed by atoms with Gasteiger partial charge in [-0.15, -0.1) is 0 Å². The molecule has 0 aromatic heterocycles. The van der Waals surface area contributed by atoms with Crippen molar-refractivity contribution in [1.29, 1.82) is 0 Å². The van der Waals surface area contributed by atoms with Gasteiger partial charge < -0.3 is 41.9 Å². The molecular formula is C15H36N4O4. The van der Waals surface area contributed by atoms with Gasteiger partial charge in [-0.1, -0.05) is 0 Å². The van der Waals surface area contributed by atoms with Gasteiger partial charge >= 0.3 is 0 Å². The van der Waals surface area contributed by atoms with Gasteiger partial charge in [0.05, 0.1) is 13.2 Å². The highest BCUT2D eigenvalue weighted by Crippen LogP contribution is 2.17. The predicted octanol–water partition coefficient (Wildman–Crippen LogP) is -0.856. The van der Waals surface area contributed by atoms with Gasteiger partial charge in [0, 0.05) is 13.2 Å². The zero-order chi connectivity index (χ0) is 17.2. The van der Waals surface area contributed by atoms with E-state index >= 15 is 0 Å². The molecule has 0 rings (SSSR count). The molecule has 0 amide bonds. The third-order valence-corrected chi connectivity index (χ3v) is 3.06. The number of hydrogen-bond acceptors (Lipinski definition) is 8. The second-order valence-corrected chi connectivity index (χ2v) is 5.28. The Morgan fingerprint density at radius 3 is 1.22 bits per heavy atom. The van der Waals surface area contributed by atoms with Crippen molar-refractivity contribution in [2.24, 2.45) is 22.9 Å². The van der Waals surface area contributed by atoms with Crippen molar-refractivity contribution in [3.05, 3.63) is 0 Å². The molecule has 0 aromatic carbocycles. The van der Waals surface area contributed by atoms with Gasteiger partial charge in [-0.05, 0) is 51.9 Å². The largest absolute Gasteiger partial charge is 0.376 e. The molecule has 8 N–H and O–H groups in total. The summed E-state index contributed by atoms with van der Waals surface area (Å²) in [5, 5.41) is 0. The van der Waals surface area contributed by atoms with Crippen molar-refractivity contribution < 1.29 is 18.9 Å². The van der Waals surface area contributed by atoms with Crippen LogP contribution in [-0.2, 0) is 18.9 Å². The Labute approximate surface area is 140 Å². The van der Waals surface area contributed by atoms with E-state index in [0.29, 0.717) is 52.6 Å². The molecule has 0 spiro atoms. The van der Waals surface area contributed by atoms with Crippen LogP contribution in [0.4, 0.5) is 0 Å². The second-order valence-electron chi connectivity index (χ2n) is 5.28. The smallest absolute Gasteiger partial charge is 0.216 e. The molecule has 0 heterocycles.